The maximum Gasteiger partial charge on any atom is 0.338 e. The summed E-state index contributed by atoms with van der Waals surface area (Å²) in [5.74, 6) is 0.712. The van der Waals surface area contributed by atoms with Gasteiger partial charge in [-0.05, 0) is 59.7 Å². The molecule has 2 N–H and O–H groups in total. The van der Waals surface area contributed by atoms with Crippen LogP contribution in [0.4, 0.5) is 0 Å². The van der Waals surface area contributed by atoms with Crippen molar-refractivity contribution in [1.82, 2.24) is 10.6 Å². The summed E-state index contributed by atoms with van der Waals surface area (Å²) >= 11 is 8.79. The van der Waals surface area contributed by atoms with E-state index in [0.717, 1.165) is 10.0 Å². The zero-order chi connectivity index (χ0) is 20.0. The molecule has 1 unspecified atom stereocenters. The Morgan fingerprint density at radius 1 is 1.30 bits per heavy atom. The van der Waals surface area contributed by atoms with Crippen LogP contribution in [0.2, 0.25) is 0 Å². The first-order valence-corrected chi connectivity index (χ1v) is 9.57. The van der Waals surface area contributed by atoms with Gasteiger partial charge in [0.25, 0.3) is 0 Å². The van der Waals surface area contributed by atoms with Crippen LogP contribution < -0.4 is 20.1 Å². The van der Waals surface area contributed by atoms with Gasteiger partial charge in [0, 0.05) is 12.8 Å². The number of benzene rings is 1. The third-order valence-electron chi connectivity index (χ3n) is 3.88. The predicted octanol–water partition coefficient (Wildman–Crippen LogP) is 2.84. The quantitative estimate of drug-likeness (QED) is 0.349. The fourth-order valence-corrected chi connectivity index (χ4v) is 3.55. The van der Waals surface area contributed by atoms with Crippen molar-refractivity contribution in [2.75, 3.05) is 34.0 Å². The molecule has 0 saturated carbocycles. The van der Waals surface area contributed by atoms with Crippen LogP contribution >= 0.6 is 28.1 Å². The Bertz CT molecular complexity index is 754. The third-order valence-corrected chi connectivity index (χ3v) is 4.69. The summed E-state index contributed by atoms with van der Waals surface area (Å²) in [6.45, 7) is 4.67. The number of carbonyl (C=O) groups is 1. The summed E-state index contributed by atoms with van der Waals surface area (Å²) < 4.78 is 22.1. The molecular weight excluding hydrogens is 436 g/mol. The van der Waals surface area contributed by atoms with E-state index in [-0.39, 0.29) is 6.61 Å². The Morgan fingerprint density at radius 3 is 2.67 bits per heavy atom. The fraction of sp³-hybridized carbons (Fsp3) is 0.444. The molecule has 148 valence electrons. The van der Waals surface area contributed by atoms with Crippen molar-refractivity contribution in [3.05, 3.63) is 33.4 Å². The SMILES string of the molecule is CCOc1c(Br)cc(C2NC(=S)NC(C)=C2C(=O)OCCOC)cc1OC. The molecule has 27 heavy (non-hydrogen) atoms. The van der Waals surface area contributed by atoms with E-state index in [1.807, 2.05) is 19.1 Å². The lowest BCUT2D eigenvalue weighted by Gasteiger charge is -2.30. The molecular formula is C18H23BrN2O5S. The molecule has 0 aromatic heterocycles. The zero-order valence-corrected chi connectivity index (χ0v) is 18.1. The summed E-state index contributed by atoms with van der Waals surface area (Å²) in [5, 5.41) is 6.53. The molecule has 7 nitrogen and oxygen atoms in total. The van der Waals surface area contributed by atoms with Gasteiger partial charge in [0.05, 0.1) is 36.4 Å². The average Bonchev–Trinajstić information content (AvgIpc) is 2.62. The van der Waals surface area contributed by atoms with E-state index >= 15 is 0 Å². The van der Waals surface area contributed by atoms with E-state index in [9.17, 15) is 4.79 Å². The minimum absolute atomic E-state index is 0.166. The van der Waals surface area contributed by atoms with Crippen molar-refractivity contribution in [2.24, 2.45) is 0 Å². The highest BCUT2D eigenvalue weighted by atomic mass is 79.9. The first-order chi connectivity index (χ1) is 12.9. The van der Waals surface area contributed by atoms with Crippen molar-refractivity contribution in [3.63, 3.8) is 0 Å². The first kappa shape index (κ1) is 21.5. The molecule has 0 bridgehead atoms. The van der Waals surface area contributed by atoms with E-state index in [1.54, 1.807) is 21.1 Å². The molecule has 1 atom stereocenters. The van der Waals surface area contributed by atoms with Crippen LogP contribution in [0, 0.1) is 0 Å². The van der Waals surface area contributed by atoms with Crippen molar-refractivity contribution in [3.8, 4) is 11.5 Å². The summed E-state index contributed by atoms with van der Waals surface area (Å²) in [6.07, 6.45) is 0. The molecule has 0 aliphatic carbocycles. The van der Waals surface area contributed by atoms with Gasteiger partial charge < -0.3 is 29.6 Å². The van der Waals surface area contributed by atoms with Crippen LogP contribution in [0.15, 0.2) is 27.9 Å². The lowest BCUT2D eigenvalue weighted by atomic mass is 9.95. The third kappa shape index (κ3) is 5.12. The molecule has 1 aromatic carbocycles. The Morgan fingerprint density at radius 2 is 2.04 bits per heavy atom. The predicted molar refractivity (Wildman–Crippen MR) is 109 cm³/mol. The van der Waals surface area contributed by atoms with Crippen molar-refractivity contribution in [1.29, 1.82) is 0 Å². The standard InChI is InChI=1S/C18H23BrN2O5S/c1-5-25-16-12(19)8-11(9-13(16)24-4)15-14(10(2)20-18(27)21-15)17(22)26-7-6-23-3/h8-9,15H,5-7H2,1-4H3,(H2,20,21,27). The van der Waals surface area contributed by atoms with Gasteiger partial charge in [0.15, 0.2) is 16.6 Å². The highest BCUT2D eigenvalue weighted by Crippen LogP contribution is 2.40. The van der Waals surface area contributed by atoms with Crippen LogP contribution in [0.5, 0.6) is 11.5 Å². The van der Waals surface area contributed by atoms with E-state index < -0.39 is 12.0 Å². The van der Waals surface area contributed by atoms with Gasteiger partial charge in [-0.25, -0.2) is 4.79 Å². The van der Waals surface area contributed by atoms with Crippen molar-refractivity contribution >= 4 is 39.2 Å². The summed E-state index contributed by atoms with van der Waals surface area (Å²) in [6, 6.07) is 3.20. The van der Waals surface area contributed by atoms with Gasteiger partial charge in [-0.15, -0.1) is 0 Å². The molecule has 0 amide bonds. The van der Waals surface area contributed by atoms with Gasteiger partial charge in [0.1, 0.15) is 6.61 Å². The molecule has 1 aliphatic rings. The van der Waals surface area contributed by atoms with Gasteiger partial charge in [-0.2, -0.15) is 0 Å². The molecule has 0 spiro atoms. The number of carbonyl (C=O) groups excluding carboxylic acids is 1. The second kappa shape index (κ2) is 9.91. The normalized spacial score (nSPS) is 16.5. The zero-order valence-electron chi connectivity index (χ0n) is 15.7. The Kier molecular flexibility index (Phi) is 7.88. The van der Waals surface area contributed by atoms with Crippen LogP contribution in [0.25, 0.3) is 0 Å². The number of rotatable bonds is 8. The second-order valence-corrected chi connectivity index (χ2v) is 6.93. The van der Waals surface area contributed by atoms with Crippen LogP contribution in [0.3, 0.4) is 0 Å². The van der Waals surface area contributed by atoms with E-state index in [1.165, 1.54) is 0 Å². The number of allylic oxidation sites excluding steroid dienone is 1. The largest absolute Gasteiger partial charge is 0.493 e. The lowest BCUT2D eigenvalue weighted by molar-refractivity contribution is -0.140. The van der Waals surface area contributed by atoms with Crippen LogP contribution in [-0.4, -0.2) is 45.1 Å². The number of methoxy groups -OCH3 is 2. The number of ether oxygens (including phenoxy) is 4. The van der Waals surface area contributed by atoms with Crippen molar-refractivity contribution in [2.45, 2.75) is 19.9 Å². The average molecular weight is 459 g/mol. The number of nitrogens with one attached hydrogen (secondary N) is 2. The van der Waals surface area contributed by atoms with E-state index in [4.69, 9.17) is 31.2 Å². The molecule has 2 rings (SSSR count). The maximum atomic E-state index is 12.7. The number of thiocarbonyl (C=S) groups is 1. The highest BCUT2D eigenvalue weighted by Gasteiger charge is 2.32. The Hall–Kier alpha value is -1.84. The van der Waals surface area contributed by atoms with Crippen molar-refractivity contribution < 1.29 is 23.7 Å². The molecule has 1 aliphatic heterocycles. The lowest BCUT2D eigenvalue weighted by Crippen LogP contribution is -2.45. The van der Waals surface area contributed by atoms with Crippen LogP contribution in [0.1, 0.15) is 25.5 Å². The molecule has 0 radical (unpaired) electrons. The number of hydrogen-bond acceptors (Lipinski definition) is 6. The highest BCUT2D eigenvalue weighted by molar-refractivity contribution is 9.10. The van der Waals surface area contributed by atoms with Gasteiger partial charge in [-0.3, -0.25) is 0 Å². The fourth-order valence-electron chi connectivity index (χ4n) is 2.70. The Balaban J connectivity index is 2.44. The van der Waals surface area contributed by atoms with Gasteiger partial charge in [0.2, 0.25) is 0 Å². The summed E-state index contributed by atoms with van der Waals surface area (Å²) in [5.41, 5.74) is 1.86. The minimum atomic E-state index is -0.491. The van der Waals surface area contributed by atoms with Crippen LogP contribution in [-0.2, 0) is 14.3 Å². The maximum absolute atomic E-state index is 12.7. The molecule has 0 fully saturated rings. The second-order valence-electron chi connectivity index (χ2n) is 5.67. The number of esters is 1. The number of hydrogen-bond donors (Lipinski definition) is 2. The smallest absolute Gasteiger partial charge is 0.338 e. The van der Waals surface area contributed by atoms with Gasteiger partial charge >= 0.3 is 5.97 Å². The van der Waals surface area contributed by atoms with E-state index in [0.29, 0.717) is 41.1 Å². The summed E-state index contributed by atoms with van der Waals surface area (Å²) in [7, 11) is 3.11. The van der Waals surface area contributed by atoms with Gasteiger partial charge in [-0.1, -0.05) is 0 Å². The summed E-state index contributed by atoms with van der Waals surface area (Å²) in [4.78, 5) is 12.7. The van der Waals surface area contributed by atoms with E-state index in [2.05, 4.69) is 26.6 Å². The molecule has 0 saturated heterocycles. The first-order valence-electron chi connectivity index (χ1n) is 8.37. The number of halogens is 1. The topological polar surface area (TPSA) is 78.1 Å². The monoisotopic (exact) mass is 458 g/mol. The molecule has 9 heteroatoms. The molecule has 1 heterocycles. The minimum Gasteiger partial charge on any atom is -0.493 e. The Labute approximate surface area is 172 Å². The molecule has 1 aromatic rings.